The molecular weight excluding hydrogens is 334 g/mol. The second kappa shape index (κ2) is 8.90. The summed E-state index contributed by atoms with van der Waals surface area (Å²) in [5.41, 5.74) is 3.61. The molecule has 3 rings (SSSR count). The maximum Gasteiger partial charge on any atom is 0.126 e. The van der Waals surface area contributed by atoms with E-state index in [1.807, 2.05) is 77.8 Å². The van der Waals surface area contributed by atoms with E-state index in [4.69, 9.17) is 0 Å². The number of nitrogens with zero attached hydrogens (tertiary/aromatic N) is 3. The highest BCUT2D eigenvalue weighted by atomic mass is 16.3. The SMILES string of the molecule is CCN(CC)c1ccc(C=NN(c2ccccc2)c2ccccc2)c(O)c1. The highest BCUT2D eigenvalue weighted by Crippen LogP contribution is 2.27. The molecule has 27 heavy (non-hydrogen) atoms. The highest BCUT2D eigenvalue weighted by Gasteiger charge is 2.09. The zero-order chi connectivity index (χ0) is 19.1. The van der Waals surface area contributed by atoms with Gasteiger partial charge in [0.1, 0.15) is 5.75 Å². The van der Waals surface area contributed by atoms with Crippen LogP contribution in [0, 0.1) is 0 Å². The minimum absolute atomic E-state index is 0.226. The summed E-state index contributed by atoms with van der Waals surface area (Å²) in [5.74, 6) is 0.226. The van der Waals surface area contributed by atoms with Crippen LogP contribution in [0.3, 0.4) is 0 Å². The van der Waals surface area contributed by atoms with Crippen LogP contribution in [-0.2, 0) is 0 Å². The van der Waals surface area contributed by atoms with Gasteiger partial charge in [0, 0.05) is 30.4 Å². The molecule has 0 aliphatic heterocycles. The summed E-state index contributed by atoms with van der Waals surface area (Å²) in [5, 5.41) is 17.0. The van der Waals surface area contributed by atoms with Gasteiger partial charge >= 0.3 is 0 Å². The van der Waals surface area contributed by atoms with E-state index >= 15 is 0 Å². The largest absolute Gasteiger partial charge is 0.507 e. The first-order chi connectivity index (χ1) is 13.2. The second-order valence-electron chi connectivity index (χ2n) is 6.14. The summed E-state index contributed by atoms with van der Waals surface area (Å²) in [6.45, 7) is 6.01. The van der Waals surface area contributed by atoms with Gasteiger partial charge in [0.2, 0.25) is 0 Å². The fraction of sp³-hybridized carbons (Fsp3) is 0.174. The molecule has 0 spiro atoms. The van der Waals surface area contributed by atoms with Crippen LogP contribution >= 0.6 is 0 Å². The summed E-state index contributed by atoms with van der Waals surface area (Å²) in [4.78, 5) is 2.20. The van der Waals surface area contributed by atoms with Gasteiger partial charge in [0.15, 0.2) is 0 Å². The van der Waals surface area contributed by atoms with Crippen molar-refractivity contribution in [3.8, 4) is 5.75 Å². The predicted molar refractivity (Wildman–Crippen MR) is 114 cm³/mol. The maximum atomic E-state index is 10.4. The third kappa shape index (κ3) is 4.47. The van der Waals surface area contributed by atoms with Crippen molar-refractivity contribution in [2.75, 3.05) is 23.0 Å². The summed E-state index contributed by atoms with van der Waals surface area (Å²) >= 11 is 0. The smallest absolute Gasteiger partial charge is 0.126 e. The van der Waals surface area contributed by atoms with Gasteiger partial charge in [-0.1, -0.05) is 36.4 Å². The van der Waals surface area contributed by atoms with Crippen LogP contribution in [0.5, 0.6) is 5.75 Å². The number of rotatable bonds is 7. The lowest BCUT2D eigenvalue weighted by molar-refractivity contribution is 0.474. The Morgan fingerprint density at radius 2 is 1.33 bits per heavy atom. The minimum atomic E-state index is 0.226. The molecule has 0 radical (unpaired) electrons. The summed E-state index contributed by atoms with van der Waals surface area (Å²) in [6, 6.07) is 25.6. The quantitative estimate of drug-likeness (QED) is 0.453. The molecule has 3 aromatic carbocycles. The standard InChI is InChI=1S/C23H25N3O/c1-3-25(4-2)22-16-15-19(23(27)17-22)18-24-26(20-11-7-5-8-12-20)21-13-9-6-10-14-21/h5-18,27H,3-4H2,1-2H3. The monoisotopic (exact) mass is 359 g/mol. The number of benzene rings is 3. The maximum absolute atomic E-state index is 10.4. The Hall–Kier alpha value is -3.27. The molecule has 1 N–H and O–H groups in total. The zero-order valence-electron chi connectivity index (χ0n) is 15.8. The van der Waals surface area contributed by atoms with Gasteiger partial charge in [-0.25, -0.2) is 5.01 Å². The van der Waals surface area contributed by atoms with Gasteiger partial charge in [0.05, 0.1) is 17.6 Å². The van der Waals surface area contributed by atoms with Crippen molar-refractivity contribution in [1.82, 2.24) is 0 Å². The number of anilines is 3. The van der Waals surface area contributed by atoms with Gasteiger partial charge in [-0.3, -0.25) is 0 Å². The van der Waals surface area contributed by atoms with Crippen molar-refractivity contribution in [1.29, 1.82) is 0 Å². The Morgan fingerprint density at radius 1 is 0.778 bits per heavy atom. The summed E-state index contributed by atoms with van der Waals surface area (Å²) < 4.78 is 0. The van der Waals surface area contributed by atoms with E-state index in [-0.39, 0.29) is 5.75 Å². The second-order valence-corrected chi connectivity index (χ2v) is 6.14. The fourth-order valence-corrected chi connectivity index (χ4v) is 2.97. The number of hydrogen-bond acceptors (Lipinski definition) is 4. The topological polar surface area (TPSA) is 39.1 Å². The van der Waals surface area contributed by atoms with E-state index < -0.39 is 0 Å². The molecule has 0 atom stereocenters. The minimum Gasteiger partial charge on any atom is -0.507 e. The van der Waals surface area contributed by atoms with Crippen LogP contribution < -0.4 is 9.91 Å². The van der Waals surface area contributed by atoms with Crippen molar-refractivity contribution < 1.29 is 5.11 Å². The molecule has 0 aromatic heterocycles. The van der Waals surface area contributed by atoms with Gasteiger partial charge < -0.3 is 10.0 Å². The number of hydrogen-bond donors (Lipinski definition) is 1. The molecule has 0 aliphatic rings. The Kier molecular flexibility index (Phi) is 6.10. The molecule has 0 saturated heterocycles. The van der Waals surface area contributed by atoms with E-state index in [9.17, 15) is 5.11 Å². The lowest BCUT2D eigenvalue weighted by atomic mass is 10.2. The third-order valence-corrected chi connectivity index (χ3v) is 4.46. The number of phenolic OH excluding ortho intramolecular Hbond substituents is 1. The zero-order valence-corrected chi connectivity index (χ0v) is 15.8. The summed E-state index contributed by atoms with van der Waals surface area (Å²) in [7, 11) is 0. The van der Waals surface area contributed by atoms with Crippen LogP contribution in [0.15, 0.2) is 84.0 Å². The van der Waals surface area contributed by atoms with E-state index in [1.165, 1.54) is 0 Å². The normalized spacial score (nSPS) is 10.9. The van der Waals surface area contributed by atoms with E-state index in [2.05, 4.69) is 23.8 Å². The molecule has 3 aromatic rings. The first kappa shape index (κ1) is 18.5. The number of para-hydroxylation sites is 2. The number of phenols is 1. The molecular formula is C23H25N3O. The van der Waals surface area contributed by atoms with Crippen molar-refractivity contribution in [2.24, 2.45) is 5.10 Å². The molecule has 0 fully saturated rings. The molecule has 0 unspecified atom stereocenters. The Balaban J connectivity index is 1.91. The molecule has 0 saturated carbocycles. The molecule has 0 aliphatic carbocycles. The first-order valence-corrected chi connectivity index (χ1v) is 9.25. The van der Waals surface area contributed by atoms with Crippen LogP contribution in [0.1, 0.15) is 19.4 Å². The van der Waals surface area contributed by atoms with Gasteiger partial charge in [-0.15, -0.1) is 0 Å². The van der Waals surface area contributed by atoms with Crippen molar-refractivity contribution in [3.05, 3.63) is 84.4 Å². The van der Waals surface area contributed by atoms with E-state index in [0.717, 1.165) is 30.2 Å². The summed E-state index contributed by atoms with van der Waals surface area (Å²) in [6.07, 6.45) is 1.70. The Labute approximate surface area is 161 Å². The van der Waals surface area contributed by atoms with Crippen molar-refractivity contribution >= 4 is 23.3 Å². The van der Waals surface area contributed by atoms with Crippen LogP contribution in [0.4, 0.5) is 17.1 Å². The highest BCUT2D eigenvalue weighted by molar-refractivity contribution is 5.86. The molecule has 0 heterocycles. The van der Waals surface area contributed by atoms with Crippen LogP contribution in [0.2, 0.25) is 0 Å². The fourth-order valence-electron chi connectivity index (χ4n) is 2.97. The molecule has 4 nitrogen and oxygen atoms in total. The Bertz CT molecular complexity index is 835. The van der Waals surface area contributed by atoms with Crippen LogP contribution in [0.25, 0.3) is 0 Å². The Morgan fingerprint density at radius 3 is 1.81 bits per heavy atom. The average molecular weight is 359 g/mol. The molecule has 4 heteroatoms. The first-order valence-electron chi connectivity index (χ1n) is 9.25. The van der Waals surface area contributed by atoms with Crippen molar-refractivity contribution in [2.45, 2.75) is 13.8 Å². The average Bonchev–Trinajstić information content (AvgIpc) is 2.72. The van der Waals surface area contributed by atoms with Gasteiger partial charge in [0.25, 0.3) is 0 Å². The van der Waals surface area contributed by atoms with Crippen LogP contribution in [-0.4, -0.2) is 24.4 Å². The lowest BCUT2D eigenvalue weighted by Crippen LogP contribution is -2.21. The number of hydrazone groups is 1. The number of aromatic hydroxyl groups is 1. The third-order valence-electron chi connectivity index (χ3n) is 4.46. The van der Waals surface area contributed by atoms with E-state index in [1.54, 1.807) is 12.3 Å². The van der Waals surface area contributed by atoms with Gasteiger partial charge in [-0.05, 0) is 50.2 Å². The predicted octanol–water partition coefficient (Wildman–Crippen LogP) is 5.41. The molecule has 0 amide bonds. The molecule has 138 valence electrons. The molecule has 0 bridgehead atoms. The van der Waals surface area contributed by atoms with Gasteiger partial charge in [-0.2, -0.15) is 5.10 Å². The van der Waals surface area contributed by atoms with Crippen molar-refractivity contribution in [3.63, 3.8) is 0 Å². The lowest BCUT2D eigenvalue weighted by Gasteiger charge is -2.21. The van der Waals surface area contributed by atoms with E-state index in [0.29, 0.717) is 5.56 Å².